The van der Waals surface area contributed by atoms with Gasteiger partial charge in [-0.3, -0.25) is 0 Å². The fourth-order valence-corrected chi connectivity index (χ4v) is 2.96. The molecule has 3 heterocycles. The van der Waals surface area contributed by atoms with Crippen LogP contribution in [0.2, 0.25) is 0 Å². The van der Waals surface area contributed by atoms with Gasteiger partial charge in [0, 0.05) is 0 Å². The molecule has 0 spiro atoms. The summed E-state index contributed by atoms with van der Waals surface area (Å²) in [4.78, 5) is 8.26. The molecule has 2 aliphatic heterocycles. The summed E-state index contributed by atoms with van der Waals surface area (Å²) in [6, 6.07) is 0. The van der Waals surface area contributed by atoms with Gasteiger partial charge in [0.2, 0.25) is 0 Å². The number of aromatic nitrogens is 2. The minimum absolute atomic E-state index is 0.290. The van der Waals surface area contributed by atoms with E-state index in [4.69, 9.17) is 15.6 Å². The van der Waals surface area contributed by atoms with Crippen LogP contribution in [-0.4, -0.2) is 78.3 Å². The van der Waals surface area contributed by atoms with Gasteiger partial charge in [-0.2, -0.15) is 0 Å². The molecule has 109 valence electrons. The molecule has 1 aromatic heterocycles. The second-order valence-electron chi connectivity index (χ2n) is 4.57. The molecule has 10 heteroatoms. The first kappa shape index (κ1) is 13.8. The molecule has 1 saturated heterocycles. The Morgan fingerprint density at radius 2 is 2.20 bits per heavy atom. The van der Waals surface area contributed by atoms with Crippen molar-refractivity contribution in [3.05, 3.63) is 5.69 Å². The van der Waals surface area contributed by atoms with Gasteiger partial charge in [-0.1, -0.05) is 0 Å². The first-order valence-electron chi connectivity index (χ1n) is 6.00. The third-order valence-corrected chi connectivity index (χ3v) is 3.99. The van der Waals surface area contributed by atoms with Crippen molar-refractivity contribution < 1.29 is 20.1 Å². The standard InChI is InChI=1S/C10H14N5O4Se/c11-7-4-8(13-2-12-7)15(10(20)14-4)9-6(18)5(17)3(1-16)19-9/h3,5-6,9,13,16-18H,1-2H2,(H2,11,12)/t3-,5-,6-,9-/m1/s1. The Hall–Kier alpha value is -1.16. The van der Waals surface area contributed by atoms with Crippen molar-refractivity contribution in [2.45, 2.75) is 24.5 Å². The van der Waals surface area contributed by atoms with Gasteiger partial charge in [-0.15, -0.1) is 0 Å². The zero-order chi connectivity index (χ0) is 14.4. The van der Waals surface area contributed by atoms with Crippen LogP contribution < -0.4 is 15.8 Å². The van der Waals surface area contributed by atoms with Gasteiger partial charge in [0.1, 0.15) is 0 Å². The SMILES string of the molecule is NC1=NCNc2c1nc([Se])n2[C@@H]1O[C@H](CO)[C@@H](O)[C@H]1O. The summed E-state index contributed by atoms with van der Waals surface area (Å²) < 4.78 is 7.51. The summed E-state index contributed by atoms with van der Waals surface area (Å²) in [5, 5.41) is 32.1. The Morgan fingerprint density at radius 3 is 2.85 bits per heavy atom. The predicted octanol–water partition coefficient (Wildman–Crippen LogP) is -3.62. The van der Waals surface area contributed by atoms with Crippen LogP contribution in [0.15, 0.2) is 4.99 Å². The first-order chi connectivity index (χ1) is 9.54. The number of aliphatic imine (C=N–C) groups is 1. The maximum absolute atomic E-state index is 10.1. The van der Waals surface area contributed by atoms with Crippen molar-refractivity contribution in [1.82, 2.24) is 9.55 Å². The molecule has 6 N–H and O–H groups in total. The number of hydrogen-bond acceptors (Lipinski definition) is 8. The number of ether oxygens (including phenoxy) is 1. The number of aliphatic hydroxyl groups excluding tert-OH is 3. The third kappa shape index (κ3) is 1.93. The second kappa shape index (κ2) is 4.99. The van der Waals surface area contributed by atoms with Crippen molar-refractivity contribution >= 4 is 32.4 Å². The summed E-state index contributed by atoms with van der Waals surface area (Å²) >= 11 is 2.76. The molecule has 0 bridgehead atoms. The molecular formula is C10H14N5O4Se. The minimum atomic E-state index is -1.18. The van der Waals surface area contributed by atoms with E-state index in [-0.39, 0.29) is 6.61 Å². The molecule has 1 fully saturated rings. The van der Waals surface area contributed by atoms with Crippen LogP contribution >= 0.6 is 0 Å². The zero-order valence-electron chi connectivity index (χ0n) is 10.3. The molecule has 2 aliphatic rings. The summed E-state index contributed by atoms with van der Waals surface area (Å²) in [6.45, 7) is -0.0931. The van der Waals surface area contributed by atoms with Gasteiger partial charge in [0.15, 0.2) is 0 Å². The summed E-state index contributed by atoms with van der Waals surface area (Å²) in [7, 11) is 0. The van der Waals surface area contributed by atoms with E-state index in [1.807, 2.05) is 0 Å². The topological polar surface area (TPSA) is 138 Å². The van der Waals surface area contributed by atoms with E-state index in [1.165, 1.54) is 0 Å². The number of nitrogens with zero attached hydrogens (tertiary/aromatic N) is 3. The van der Waals surface area contributed by atoms with E-state index in [2.05, 4.69) is 31.3 Å². The zero-order valence-corrected chi connectivity index (χ0v) is 12.0. The van der Waals surface area contributed by atoms with Crippen LogP contribution in [0.25, 0.3) is 0 Å². The Kier molecular flexibility index (Phi) is 3.44. The quantitative estimate of drug-likeness (QED) is 0.348. The van der Waals surface area contributed by atoms with Crippen molar-refractivity contribution in [2.24, 2.45) is 10.7 Å². The monoisotopic (exact) mass is 348 g/mol. The van der Waals surface area contributed by atoms with E-state index in [1.54, 1.807) is 4.57 Å². The summed E-state index contributed by atoms with van der Waals surface area (Å²) in [5.41, 5.74) is 6.23. The Morgan fingerprint density at radius 1 is 1.45 bits per heavy atom. The molecule has 3 rings (SSSR count). The number of rotatable bonds is 2. The van der Waals surface area contributed by atoms with Gasteiger partial charge in [0.25, 0.3) is 0 Å². The molecule has 0 unspecified atom stereocenters. The predicted molar refractivity (Wildman–Crippen MR) is 69.8 cm³/mol. The number of hydrogen-bond donors (Lipinski definition) is 5. The number of nitrogens with one attached hydrogen (secondary N) is 1. The van der Waals surface area contributed by atoms with Crippen LogP contribution in [0.1, 0.15) is 11.9 Å². The van der Waals surface area contributed by atoms with E-state index in [9.17, 15) is 10.2 Å². The first-order valence-corrected chi connectivity index (χ1v) is 6.86. The van der Waals surface area contributed by atoms with Gasteiger partial charge in [-0.05, 0) is 0 Å². The average molecular weight is 347 g/mol. The number of aliphatic hydroxyl groups is 3. The molecule has 0 aromatic carbocycles. The van der Waals surface area contributed by atoms with E-state index in [0.717, 1.165) is 0 Å². The van der Waals surface area contributed by atoms with Crippen LogP contribution in [0.3, 0.4) is 0 Å². The number of anilines is 1. The fourth-order valence-electron chi connectivity index (χ4n) is 2.36. The summed E-state index contributed by atoms with van der Waals surface area (Å²) in [6.07, 6.45) is -4.06. The van der Waals surface area contributed by atoms with Crippen LogP contribution in [-0.2, 0) is 4.74 Å². The van der Waals surface area contributed by atoms with Crippen molar-refractivity contribution in [3.63, 3.8) is 0 Å². The van der Waals surface area contributed by atoms with Crippen molar-refractivity contribution in [3.8, 4) is 0 Å². The maximum atomic E-state index is 10.1. The van der Waals surface area contributed by atoms with Crippen molar-refractivity contribution in [2.75, 3.05) is 18.6 Å². The van der Waals surface area contributed by atoms with E-state index < -0.39 is 24.5 Å². The molecule has 0 amide bonds. The molecule has 4 atom stereocenters. The Balaban J connectivity index is 2.02. The molecular weight excluding hydrogens is 333 g/mol. The summed E-state index contributed by atoms with van der Waals surface area (Å²) in [5.74, 6) is 0.849. The van der Waals surface area contributed by atoms with Gasteiger partial charge >= 0.3 is 122 Å². The number of amidine groups is 1. The average Bonchev–Trinajstić information content (AvgIpc) is 2.90. The normalized spacial score (nSPS) is 32.6. The molecule has 1 aromatic rings. The Bertz CT molecular complexity index is 562. The number of fused-ring (bicyclic) bond motifs is 1. The van der Waals surface area contributed by atoms with Crippen molar-refractivity contribution in [1.29, 1.82) is 0 Å². The number of nitrogens with two attached hydrogens (primary N) is 1. The van der Waals surface area contributed by atoms with Crippen LogP contribution in [0, 0.1) is 0 Å². The van der Waals surface area contributed by atoms with E-state index >= 15 is 0 Å². The van der Waals surface area contributed by atoms with Gasteiger partial charge in [0.05, 0.1) is 0 Å². The van der Waals surface area contributed by atoms with Gasteiger partial charge in [-0.25, -0.2) is 0 Å². The van der Waals surface area contributed by atoms with Gasteiger partial charge < -0.3 is 0 Å². The molecule has 1 radical (unpaired) electrons. The van der Waals surface area contributed by atoms with E-state index in [0.29, 0.717) is 28.7 Å². The van der Waals surface area contributed by atoms with Crippen LogP contribution in [0.5, 0.6) is 0 Å². The molecule has 0 aliphatic carbocycles. The van der Waals surface area contributed by atoms with Crippen LogP contribution in [0.4, 0.5) is 5.82 Å². The second-order valence-corrected chi connectivity index (χ2v) is 5.33. The number of imidazole rings is 1. The molecule has 9 nitrogen and oxygen atoms in total. The molecule has 20 heavy (non-hydrogen) atoms. The Labute approximate surface area is 122 Å². The molecule has 0 saturated carbocycles. The third-order valence-electron chi connectivity index (χ3n) is 3.39. The fraction of sp³-hybridized carbons (Fsp3) is 0.600.